The van der Waals surface area contributed by atoms with Crippen LogP contribution in [0.3, 0.4) is 0 Å². The standard InChI is InChI=1S/C19H21NO4/c1-19(2,3)15-6-4-5-7-16(15)24-12-17(21)20-14-10-8-13(9-11-14)18(22)23/h4-11H,12H2,1-3H3,(H,20,21)(H,22,23). The van der Waals surface area contributed by atoms with Crippen LogP contribution < -0.4 is 10.1 Å². The number of hydrogen-bond acceptors (Lipinski definition) is 3. The van der Waals surface area contributed by atoms with E-state index in [-0.39, 0.29) is 23.5 Å². The molecule has 0 heterocycles. The van der Waals surface area contributed by atoms with E-state index in [4.69, 9.17) is 9.84 Å². The van der Waals surface area contributed by atoms with Gasteiger partial charge in [0.25, 0.3) is 5.91 Å². The summed E-state index contributed by atoms with van der Waals surface area (Å²) >= 11 is 0. The minimum absolute atomic E-state index is 0.0836. The van der Waals surface area contributed by atoms with Crippen LogP contribution in [0.1, 0.15) is 36.7 Å². The SMILES string of the molecule is CC(C)(C)c1ccccc1OCC(=O)Nc1ccc(C(=O)O)cc1. The second-order valence-electron chi connectivity index (χ2n) is 6.47. The van der Waals surface area contributed by atoms with E-state index in [1.54, 1.807) is 12.1 Å². The first-order chi connectivity index (χ1) is 11.3. The lowest BCUT2D eigenvalue weighted by atomic mass is 9.86. The van der Waals surface area contributed by atoms with E-state index < -0.39 is 5.97 Å². The van der Waals surface area contributed by atoms with Gasteiger partial charge in [0, 0.05) is 5.69 Å². The Hall–Kier alpha value is -2.82. The van der Waals surface area contributed by atoms with Crippen LogP contribution in [0.15, 0.2) is 48.5 Å². The highest BCUT2D eigenvalue weighted by Crippen LogP contribution is 2.30. The Balaban J connectivity index is 1.98. The molecule has 2 rings (SSSR count). The van der Waals surface area contributed by atoms with Gasteiger partial charge in [-0.1, -0.05) is 39.0 Å². The van der Waals surface area contributed by atoms with Crippen LogP contribution in [0.5, 0.6) is 5.75 Å². The number of rotatable bonds is 5. The number of aromatic carboxylic acids is 1. The van der Waals surface area contributed by atoms with Crippen molar-refractivity contribution in [2.45, 2.75) is 26.2 Å². The summed E-state index contributed by atoms with van der Waals surface area (Å²) in [6.07, 6.45) is 0. The Bertz CT molecular complexity index is 730. The van der Waals surface area contributed by atoms with Crippen LogP contribution in [0.4, 0.5) is 5.69 Å². The molecule has 0 saturated carbocycles. The molecule has 5 heteroatoms. The van der Waals surface area contributed by atoms with Gasteiger partial charge < -0.3 is 15.2 Å². The van der Waals surface area contributed by atoms with Gasteiger partial charge in [-0.25, -0.2) is 4.79 Å². The minimum Gasteiger partial charge on any atom is -0.483 e. The Morgan fingerprint density at radius 2 is 1.67 bits per heavy atom. The summed E-state index contributed by atoms with van der Waals surface area (Å²) in [4.78, 5) is 22.8. The van der Waals surface area contributed by atoms with E-state index in [1.807, 2.05) is 24.3 Å². The van der Waals surface area contributed by atoms with Crippen LogP contribution >= 0.6 is 0 Å². The monoisotopic (exact) mass is 327 g/mol. The van der Waals surface area contributed by atoms with E-state index in [1.165, 1.54) is 12.1 Å². The Morgan fingerprint density at radius 1 is 1.04 bits per heavy atom. The summed E-state index contributed by atoms with van der Waals surface area (Å²) in [5.41, 5.74) is 1.64. The maximum absolute atomic E-state index is 12.0. The topological polar surface area (TPSA) is 75.6 Å². The van der Waals surface area contributed by atoms with Crippen molar-refractivity contribution >= 4 is 17.6 Å². The second kappa shape index (κ2) is 7.17. The van der Waals surface area contributed by atoms with E-state index in [2.05, 4.69) is 26.1 Å². The number of ether oxygens (including phenoxy) is 1. The van der Waals surface area contributed by atoms with Crippen molar-refractivity contribution < 1.29 is 19.4 Å². The van der Waals surface area contributed by atoms with Crippen LogP contribution in [-0.2, 0) is 10.2 Å². The van der Waals surface area contributed by atoms with E-state index >= 15 is 0 Å². The normalized spacial score (nSPS) is 11.0. The maximum Gasteiger partial charge on any atom is 0.335 e. The van der Waals surface area contributed by atoms with Gasteiger partial charge in [0.2, 0.25) is 0 Å². The predicted octanol–water partition coefficient (Wildman–Crippen LogP) is 3.70. The maximum atomic E-state index is 12.0. The van der Waals surface area contributed by atoms with Gasteiger partial charge in [-0.05, 0) is 41.3 Å². The molecular weight excluding hydrogens is 306 g/mol. The lowest BCUT2D eigenvalue weighted by Crippen LogP contribution is -2.22. The Labute approximate surface area is 141 Å². The van der Waals surface area contributed by atoms with Crippen molar-refractivity contribution in [3.63, 3.8) is 0 Å². The van der Waals surface area contributed by atoms with Gasteiger partial charge in [0.15, 0.2) is 6.61 Å². The number of carboxylic acids is 1. The van der Waals surface area contributed by atoms with Gasteiger partial charge in [-0.15, -0.1) is 0 Å². The smallest absolute Gasteiger partial charge is 0.335 e. The molecule has 126 valence electrons. The average molecular weight is 327 g/mol. The summed E-state index contributed by atoms with van der Waals surface area (Å²) < 4.78 is 5.65. The fraction of sp³-hybridized carbons (Fsp3) is 0.263. The van der Waals surface area contributed by atoms with Crippen LogP contribution in [0.2, 0.25) is 0 Å². The molecule has 0 aromatic heterocycles. The van der Waals surface area contributed by atoms with Crippen LogP contribution in [-0.4, -0.2) is 23.6 Å². The fourth-order valence-electron chi connectivity index (χ4n) is 2.25. The summed E-state index contributed by atoms with van der Waals surface area (Å²) in [7, 11) is 0. The first-order valence-electron chi connectivity index (χ1n) is 7.63. The van der Waals surface area contributed by atoms with Gasteiger partial charge in [0.05, 0.1) is 5.56 Å². The number of amides is 1. The zero-order valence-corrected chi connectivity index (χ0v) is 14.0. The molecule has 2 aromatic carbocycles. The van der Waals surface area contributed by atoms with Crippen molar-refractivity contribution in [3.8, 4) is 5.75 Å². The van der Waals surface area contributed by atoms with Crippen LogP contribution in [0.25, 0.3) is 0 Å². The van der Waals surface area contributed by atoms with Crippen molar-refractivity contribution in [2.24, 2.45) is 0 Å². The molecule has 0 fully saturated rings. The number of anilines is 1. The van der Waals surface area contributed by atoms with Crippen molar-refractivity contribution in [3.05, 3.63) is 59.7 Å². The predicted molar refractivity (Wildman–Crippen MR) is 92.7 cm³/mol. The third-order valence-electron chi connectivity index (χ3n) is 3.47. The first kappa shape index (κ1) is 17.5. The molecule has 0 unspecified atom stereocenters. The molecule has 2 aromatic rings. The number of nitrogens with one attached hydrogen (secondary N) is 1. The molecule has 2 N–H and O–H groups in total. The lowest BCUT2D eigenvalue weighted by molar-refractivity contribution is -0.118. The zero-order valence-electron chi connectivity index (χ0n) is 14.0. The molecule has 0 bridgehead atoms. The first-order valence-corrected chi connectivity index (χ1v) is 7.63. The van der Waals surface area contributed by atoms with Gasteiger partial charge >= 0.3 is 5.97 Å². The highest BCUT2D eigenvalue weighted by atomic mass is 16.5. The van der Waals surface area contributed by atoms with Gasteiger partial charge in [-0.3, -0.25) is 4.79 Å². The summed E-state index contributed by atoms with van der Waals surface area (Å²) in [6, 6.07) is 13.6. The van der Waals surface area contributed by atoms with Gasteiger partial charge in [0.1, 0.15) is 5.75 Å². The van der Waals surface area contributed by atoms with Crippen molar-refractivity contribution in [1.82, 2.24) is 0 Å². The number of carbonyl (C=O) groups is 2. The summed E-state index contributed by atoms with van der Waals surface area (Å²) in [5.74, 6) is -0.627. The number of para-hydroxylation sites is 1. The number of carboxylic acid groups (broad SMARTS) is 1. The molecule has 0 atom stereocenters. The molecule has 0 aliphatic carbocycles. The summed E-state index contributed by atoms with van der Waals surface area (Å²) in [5, 5.41) is 11.5. The Morgan fingerprint density at radius 3 is 2.25 bits per heavy atom. The molecular formula is C19H21NO4. The average Bonchev–Trinajstić information content (AvgIpc) is 2.53. The molecule has 1 amide bonds. The summed E-state index contributed by atoms with van der Waals surface area (Å²) in [6.45, 7) is 6.13. The third kappa shape index (κ3) is 4.59. The zero-order chi connectivity index (χ0) is 17.7. The molecule has 5 nitrogen and oxygen atoms in total. The van der Waals surface area contributed by atoms with E-state index in [0.29, 0.717) is 11.4 Å². The van der Waals surface area contributed by atoms with E-state index in [0.717, 1.165) is 5.56 Å². The minimum atomic E-state index is -1.00. The molecule has 24 heavy (non-hydrogen) atoms. The van der Waals surface area contributed by atoms with Crippen LogP contribution in [0, 0.1) is 0 Å². The Kier molecular flexibility index (Phi) is 5.24. The highest BCUT2D eigenvalue weighted by Gasteiger charge is 2.18. The third-order valence-corrected chi connectivity index (χ3v) is 3.47. The molecule has 0 saturated heterocycles. The molecule has 0 aliphatic heterocycles. The van der Waals surface area contributed by atoms with E-state index in [9.17, 15) is 9.59 Å². The second-order valence-corrected chi connectivity index (χ2v) is 6.47. The number of benzene rings is 2. The van der Waals surface area contributed by atoms with Gasteiger partial charge in [-0.2, -0.15) is 0 Å². The highest BCUT2D eigenvalue weighted by molar-refractivity contribution is 5.93. The quantitative estimate of drug-likeness (QED) is 0.878. The molecule has 0 radical (unpaired) electrons. The number of hydrogen-bond donors (Lipinski definition) is 2. The molecule has 0 aliphatic rings. The molecule has 0 spiro atoms. The lowest BCUT2D eigenvalue weighted by Gasteiger charge is -2.22. The fourth-order valence-corrected chi connectivity index (χ4v) is 2.25. The van der Waals surface area contributed by atoms with Crippen molar-refractivity contribution in [2.75, 3.05) is 11.9 Å². The van der Waals surface area contributed by atoms with Crippen molar-refractivity contribution in [1.29, 1.82) is 0 Å². The number of carbonyl (C=O) groups excluding carboxylic acids is 1. The largest absolute Gasteiger partial charge is 0.483 e.